The van der Waals surface area contributed by atoms with Gasteiger partial charge in [-0.1, -0.05) is 23.1 Å². The number of nitrogens with one attached hydrogen (secondary N) is 1. The van der Waals surface area contributed by atoms with Crippen LogP contribution in [0, 0.1) is 0 Å². The molecule has 3 aromatic rings. The van der Waals surface area contributed by atoms with E-state index < -0.39 is 0 Å². The van der Waals surface area contributed by atoms with Gasteiger partial charge in [0.2, 0.25) is 5.91 Å². The van der Waals surface area contributed by atoms with E-state index in [4.69, 9.17) is 9.47 Å². The summed E-state index contributed by atoms with van der Waals surface area (Å²) in [5, 5.41) is 4.59. The first-order valence-corrected chi connectivity index (χ1v) is 11.1. The fourth-order valence-corrected chi connectivity index (χ4v) is 4.79. The average molecular weight is 432 g/mol. The topological polar surface area (TPSA) is 89.5 Å². The van der Waals surface area contributed by atoms with E-state index in [1.54, 1.807) is 11.3 Å². The Morgan fingerprint density at radius 3 is 2.83 bits per heavy atom. The number of ether oxygens (including phenoxy) is 2. The van der Waals surface area contributed by atoms with Crippen LogP contribution in [0.25, 0.3) is 10.3 Å². The van der Waals surface area contributed by atoms with Crippen LogP contribution < -0.4 is 15.0 Å². The van der Waals surface area contributed by atoms with Gasteiger partial charge in [0.1, 0.15) is 21.8 Å². The Labute approximate surface area is 176 Å². The van der Waals surface area contributed by atoms with Gasteiger partial charge in [-0.25, -0.2) is 9.97 Å². The molecule has 0 unspecified atom stereocenters. The molecule has 1 fully saturated rings. The first-order chi connectivity index (χ1) is 14.2. The zero-order valence-electron chi connectivity index (χ0n) is 16.0. The van der Waals surface area contributed by atoms with Gasteiger partial charge in [0.25, 0.3) is 0 Å². The molecule has 8 nitrogen and oxygen atoms in total. The summed E-state index contributed by atoms with van der Waals surface area (Å²) >= 11 is 2.95. The Kier molecular flexibility index (Phi) is 6.43. The van der Waals surface area contributed by atoms with Crippen molar-refractivity contribution in [1.82, 2.24) is 15.0 Å². The minimum atomic E-state index is -0.0937. The zero-order valence-corrected chi connectivity index (χ0v) is 17.6. The molecule has 1 saturated heterocycles. The molecule has 0 aliphatic carbocycles. The number of fused-ring (bicyclic) bond motifs is 1. The summed E-state index contributed by atoms with van der Waals surface area (Å²) in [6.07, 6.45) is 1.50. The van der Waals surface area contributed by atoms with Crippen molar-refractivity contribution in [2.24, 2.45) is 0 Å². The molecule has 3 heterocycles. The van der Waals surface area contributed by atoms with E-state index in [2.05, 4.69) is 25.2 Å². The monoisotopic (exact) mass is 431 g/mol. The number of amides is 1. The Balaban J connectivity index is 1.39. The van der Waals surface area contributed by atoms with E-state index in [0.29, 0.717) is 25.5 Å². The summed E-state index contributed by atoms with van der Waals surface area (Å²) in [5.41, 5.74) is 1.40. The number of thiazole rings is 1. The molecule has 1 aromatic carbocycles. The molecule has 1 amide bonds. The quantitative estimate of drug-likeness (QED) is 0.451. The number of aromatic nitrogens is 3. The van der Waals surface area contributed by atoms with Crippen molar-refractivity contribution in [3.8, 4) is 5.75 Å². The lowest BCUT2D eigenvalue weighted by atomic mass is 10.3. The number of thioether (sulfide) groups is 1. The van der Waals surface area contributed by atoms with E-state index in [-0.39, 0.29) is 11.7 Å². The summed E-state index contributed by atoms with van der Waals surface area (Å²) in [4.78, 5) is 27.8. The van der Waals surface area contributed by atoms with E-state index >= 15 is 0 Å². The van der Waals surface area contributed by atoms with E-state index in [0.717, 1.165) is 39.4 Å². The first kappa shape index (κ1) is 19.9. The number of morpholine rings is 1. The van der Waals surface area contributed by atoms with Crippen molar-refractivity contribution in [2.75, 3.05) is 48.9 Å². The lowest BCUT2D eigenvalue weighted by Gasteiger charge is -2.25. The Morgan fingerprint density at radius 2 is 2.07 bits per heavy atom. The Morgan fingerprint density at radius 1 is 1.28 bits per heavy atom. The van der Waals surface area contributed by atoms with Crippen LogP contribution in [0.3, 0.4) is 0 Å². The van der Waals surface area contributed by atoms with Gasteiger partial charge in [-0.3, -0.25) is 4.79 Å². The molecule has 0 spiro atoms. The molecule has 0 saturated carbocycles. The highest BCUT2D eigenvalue weighted by Gasteiger charge is 2.18. The maximum Gasteiger partial charge on any atom is 0.234 e. The Bertz CT molecular complexity index is 974. The van der Waals surface area contributed by atoms with Crippen molar-refractivity contribution in [3.05, 3.63) is 30.6 Å². The van der Waals surface area contributed by atoms with Crippen LogP contribution in [0.5, 0.6) is 5.75 Å². The summed E-state index contributed by atoms with van der Waals surface area (Å²) in [7, 11) is 0. The summed E-state index contributed by atoms with van der Waals surface area (Å²) < 4.78 is 11.7. The van der Waals surface area contributed by atoms with Crippen LogP contribution in [0.4, 0.5) is 10.8 Å². The molecule has 10 heteroatoms. The van der Waals surface area contributed by atoms with Crippen LogP contribution in [0.15, 0.2) is 35.6 Å². The Hall–Kier alpha value is -2.43. The molecule has 1 aliphatic rings. The number of carbonyl (C=O) groups excluding carboxylic acids is 1. The fraction of sp³-hybridized carbons (Fsp3) is 0.368. The first-order valence-electron chi connectivity index (χ1n) is 9.32. The molecule has 0 bridgehead atoms. The maximum absolute atomic E-state index is 12.3. The standard InChI is InChI=1S/C19H21N5O3S2/c1-2-27-14-5-3-13(4-6-14)22-15(25)11-28-18-16-17(20-12-21-18)23-19(29-16)24-7-9-26-10-8-24/h3-6,12H,2,7-11H2,1H3,(H,22,25). The molecule has 2 aromatic heterocycles. The normalized spacial score (nSPS) is 14.2. The minimum Gasteiger partial charge on any atom is -0.494 e. The van der Waals surface area contributed by atoms with E-state index in [1.807, 2.05) is 31.2 Å². The maximum atomic E-state index is 12.3. The molecule has 0 radical (unpaired) electrons. The van der Waals surface area contributed by atoms with Crippen LogP contribution in [-0.2, 0) is 9.53 Å². The molecule has 4 rings (SSSR count). The van der Waals surface area contributed by atoms with Gasteiger partial charge in [-0.15, -0.1) is 0 Å². The molecule has 29 heavy (non-hydrogen) atoms. The second-order valence-electron chi connectivity index (χ2n) is 6.22. The highest BCUT2D eigenvalue weighted by Crippen LogP contribution is 2.34. The van der Waals surface area contributed by atoms with Crippen LogP contribution in [0.1, 0.15) is 6.92 Å². The molecule has 0 atom stereocenters. The summed E-state index contributed by atoms with van der Waals surface area (Å²) in [6, 6.07) is 7.33. The number of nitrogens with zero attached hydrogens (tertiary/aromatic N) is 4. The van der Waals surface area contributed by atoms with Gasteiger partial charge < -0.3 is 19.7 Å². The van der Waals surface area contributed by atoms with Crippen molar-refractivity contribution >= 4 is 50.2 Å². The fourth-order valence-electron chi connectivity index (χ4n) is 2.85. The van der Waals surface area contributed by atoms with Crippen molar-refractivity contribution in [1.29, 1.82) is 0 Å². The number of carbonyl (C=O) groups is 1. The van der Waals surface area contributed by atoms with E-state index in [1.165, 1.54) is 18.1 Å². The zero-order chi connectivity index (χ0) is 20.1. The molecular formula is C19H21N5O3S2. The van der Waals surface area contributed by atoms with Crippen molar-refractivity contribution in [3.63, 3.8) is 0 Å². The summed E-state index contributed by atoms with van der Waals surface area (Å²) in [5.74, 6) is 0.942. The lowest BCUT2D eigenvalue weighted by molar-refractivity contribution is -0.113. The van der Waals surface area contributed by atoms with Gasteiger partial charge in [-0.05, 0) is 31.2 Å². The molecule has 152 valence electrons. The van der Waals surface area contributed by atoms with Crippen molar-refractivity contribution < 1.29 is 14.3 Å². The van der Waals surface area contributed by atoms with Crippen LogP contribution in [0.2, 0.25) is 0 Å². The van der Waals surface area contributed by atoms with Gasteiger partial charge >= 0.3 is 0 Å². The van der Waals surface area contributed by atoms with Crippen LogP contribution >= 0.6 is 23.1 Å². The van der Waals surface area contributed by atoms with Gasteiger partial charge in [0.05, 0.1) is 25.6 Å². The van der Waals surface area contributed by atoms with Crippen molar-refractivity contribution in [2.45, 2.75) is 11.9 Å². The van der Waals surface area contributed by atoms with E-state index in [9.17, 15) is 4.79 Å². The lowest BCUT2D eigenvalue weighted by Crippen LogP contribution is -2.36. The number of benzene rings is 1. The average Bonchev–Trinajstić information content (AvgIpc) is 3.19. The second-order valence-corrected chi connectivity index (χ2v) is 8.16. The predicted molar refractivity (Wildman–Crippen MR) is 115 cm³/mol. The number of anilines is 2. The third-order valence-corrected chi connectivity index (χ3v) is 6.45. The molecule has 1 aliphatic heterocycles. The number of hydrogen-bond donors (Lipinski definition) is 1. The van der Waals surface area contributed by atoms with Crippen LogP contribution in [-0.4, -0.2) is 59.5 Å². The third kappa shape index (κ3) is 4.95. The third-order valence-electron chi connectivity index (χ3n) is 4.22. The SMILES string of the molecule is CCOc1ccc(NC(=O)CSc2ncnc3nc(N4CCOCC4)sc23)cc1. The smallest absolute Gasteiger partial charge is 0.234 e. The molecular weight excluding hydrogens is 410 g/mol. The van der Waals surface area contributed by atoms with Gasteiger partial charge in [-0.2, -0.15) is 4.98 Å². The predicted octanol–water partition coefficient (Wildman–Crippen LogP) is 3.05. The number of hydrogen-bond acceptors (Lipinski definition) is 9. The highest BCUT2D eigenvalue weighted by atomic mass is 32.2. The minimum absolute atomic E-state index is 0.0937. The highest BCUT2D eigenvalue weighted by molar-refractivity contribution is 8.00. The largest absolute Gasteiger partial charge is 0.494 e. The molecule has 1 N–H and O–H groups in total. The second kappa shape index (κ2) is 9.38. The van der Waals surface area contributed by atoms with Gasteiger partial charge in [0.15, 0.2) is 10.8 Å². The number of rotatable bonds is 7. The summed E-state index contributed by atoms with van der Waals surface area (Å²) in [6.45, 7) is 5.59. The van der Waals surface area contributed by atoms with Gasteiger partial charge in [0, 0.05) is 18.8 Å².